The Balaban J connectivity index is 1.89. The number of hydrogen-bond donors (Lipinski definition) is 1. The highest BCUT2D eigenvalue weighted by Crippen LogP contribution is 2.31. The van der Waals surface area contributed by atoms with Crippen molar-refractivity contribution in [1.29, 1.82) is 0 Å². The number of aromatic nitrogens is 2. The predicted octanol–water partition coefficient (Wildman–Crippen LogP) is 3.95. The van der Waals surface area contributed by atoms with Gasteiger partial charge in [-0.2, -0.15) is 0 Å². The Bertz CT molecular complexity index is 953. The molecule has 0 amide bonds. The normalized spacial score (nSPS) is 14.0. The van der Waals surface area contributed by atoms with Gasteiger partial charge in [0.25, 0.3) is 0 Å². The largest absolute Gasteiger partial charge is 0.343 e. The van der Waals surface area contributed by atoms with Crippen molar-refractivity contribution >= 4 is 22.6 Å². The molecule has 0 fully saturated rings. The number of hydrogen-bond acceptors (Lipinski definition) is 3. The second kappa shape index (κ2) is 5.16. The van der Waals surface area contributed by atoms with E-state index in [2.05, 4.69) is 9.97 Å². The highest BCUT2D eigenvalue weighted by molar-refractivity contribution is 6.10. The van der Waals surface area contributed by atoms with E-state index in [1.165, 1.54) is 0 Å². The smallest absolute Gasteiger partial charge is 0.165 e. The molecule has 0 radical (unpaired) electrons. The molecular weight excluding hydrogens is 288 g/mol. The lowest BCUT2D eigenvalue weighted by Crippen LogP contribution is -2.09. The molecule has 4 heteroatoms. The standard InChI is InChI=1S/C19H16N2O2/c1-11(22)12-4-2-5-13(8-12)14-9-15-18-16(6-3-7-17(18)23)21-19(15)20-10-14/h2,4-5,8-10H,3,6-7H2,1H3,(H,20,21). The second-order valence-corrected chi connectivity index (χ2v) is 6.01. The molecule has 0 aliphatic heterocycles. The highest BCUT2D eigenvalue weighted by Gasteiger charge is 2.23. The van der Waals surface area contributed by atoms with Crippen molar-refractivity contribution in [3.05, 3.63) is 53.3 Å². The summed E-state index contributed by atoms with van der Waals surface area (Å²) in [6.07, 6.45) is 4.18. The number of pyridine rings is 1. The van der Waals surface area contributed by atoms with E-state index >= 15 is 0 Å². The van der Waals surface area contributed by atoms with Gasteiger partial charge in [-0.1, -0.05) is 18.2 Å². The van der Waals surface area contributed by atoms with Gasteiger partial charge in [0.05, 0.1) is 0 Å². The molecule has 0 unspecified atom stereocenters. The Hall–Kier alpha value is -2.75. The van der Waals surface area contributed by atoms with E-state index in [-0.39, 0.29) is 11.6 Å². The Kier molecular flexibility index (Phi) is 3.11. The number of nitrogens with zero attached hydrogens (tertiary/aromatic N) is 1. The predicted molar refractivity (Wildman–Crippen MR) is 88.8 cm³/mol. The minimum atomic E-state index is 0.0371. The third kappa shape index (κ3) is 2.27. The lowest BCUT2D eigenvalue weighted by Gasteiger charge is -2.09. The summed E-state index contributed by atoms with van der Waals surface area (Å²) in [4.78, 5) is 31.6. The van der Waals surface area contributed by atoms with Crippen LogP contribution < -0.4 is 0 Å². The first-order valence-corrected chi connectivity index (χ1v) is 7.78. The van der Waals surface area contributed by atoms with Crippen molar-refractivity contribution in [3.63, 3.8) is 0 Å². The summed E-state index contributed by atoms with van der Waals surface area (Å²) in [5, 5.41) is 0.885. The molecule has 0 saturated carbocycles. The van der Waals surface area contributed by atoms with Gasteiger partial charge in [0, 0.05) is 40.4 Å². The zero-order chi connectivity index (χ0) is 16.0. The van der Waals surface area contributed by atoms with Crippen LogP contribution in [0.15, 0.2) is 36.5 Å². The Morgan fingerprint density at radius 1 is 1.17 bits per heavy atom. The lowest BCUT2D eigenvalue weighted by atomic mass is 9.94. The van der Waals surface area contributed by atoms with Crippen molar-refractivity contribution in [3.8, 4) is 11.1 Å². The van der Waals surface area contributed by atoms with Gasteiger partial charge in [-0.15, -0.1) is 0 Å². The molecule has 4 rings (SSSR count). The van der Waals surface area contributed by atoms with Crippen LogP contribution in [-0.4, -0.2) is 21.5 Å². The molecular formula is C19H16N2O2. The van der Waals surface area contributed by atoms with Gasteiger partial charge in [-0.25, -0.2) is 4.98 Å². The van der Waals surface area contributed by atoms with Crippen molar-refractivity contribution in [2.24, 2.45) is 0 Å². The maximum absolute atomic E-state index is 12.3. The molecule has 4 nitrogen and oxygen atoms in total. The Morgan fingerprint density at radius 3 is 2.87 bits per heavy atom. The van der Waals surface area contributed by atoms with Gasteiger partial charge >= 0.3 is 0 Å². The van der Waals surface area contributed by atoms with Crippen molar-refractivity contribution < 1.29 is 9.59 Å². The first kappa shape index (κ1) is 13.9. The lowest BCUT2D eigenvalue weighted by molar-refractivity contribution is 0.0972. The monoisotopic (exact) mass is 304 g/mol. The molecule has 23 heavy (non-hydrogen) atoms. The zero-order valence-electron chi connectivity index (χ0n) is 12.8. The molecule has 1 aliphatic rings. The van der Waals surface area contributed by atoms with Crippen LogP contribution in [0.3, 0.4) is 0 Å². The van der Waals surface area contributed by atoms with Crippen molar-refractivity contribution in [2.45, 2.75) is 26.2 Å². The highest BCUT2D eigenvalue weighted by atomic mass is 16.1. The van der Waals surface area contributed by atoms with E-state index in [0.29, 0.717) is 12.0 Å². The topological polar surface area (TPSA) is 62.8 Å². The van der Waals surface area contributed by atoms with Crippen LogP contribution in [-0.2, 0) is 6.42 Å². The summed E-state index contributed by atoms with van der Waals surface area (Å²) >= 11 is 0. The number of carbonyl (C=O) groups is 2. The third-order valence-corrected chi connectivity index (χ3v) is 4.44. The molecule has 114 valence electrons. The SMILES string of the molecule is CC(=O)c1cccc(-c2cnc3[nH]c4c(c3c2)C(=O)CCC4)c1. The van der Waals surface area contributed by atoms with Crippen LogP contribution in [0.4, 0.5) is 0 Å². The van der Waals surface area contributed by atoms with E-state index in [9.17, 15) is 9.59 Å². The first-order valence-electron chi connectivity index (χ1n) is 7.78. The molecule has 3 aromatic rings. The minimum absolute atomic E-state index is 0.0371. The van der Waals surface area contributed by atoms with Gasteiger partial charge in [-0.05, 0) is 37.5 Å². The van der Waals surface area contributed by atoms with Gasteiger partial charge in [0.2, 0.25) is 0 Å². The van der Waals surface area contributed by atoms with Crippen LogP contribution in [0.1, 0.15) is 46.2 Å². The van der Waals surface area contributed by atoms with E-state index < -0.39 is 0 Å². The molecule has 2 heterocycles. The number of rotatable bonds is 2. The summed E-state index contributed by atoms with van der Waals surface area (Å²) in [7, 11) is 0. The number of carbonyl (C=O) groups excluding carboxylic acids is 2. The van der Waals surface area contributed by atoms with E-state index in [4.69, 9.17) is 0 Å². The van der Waals surface area contributed by atoms with Crippen molar-refractivity contribution in [2.75, 3.05) is 0 Å². The van der Waals surface area contributed by atoms with Gasteiger partial charge in [0.1, 0.15) is 5.65 Å². The molecule has 1 N–H and O–H groups in total. The summed E-state index contributed by atoms with van der Waals surface area (Å²) in [5.41, 5.74) is 5.08. The van der Waals surface area contributed by atoms with Gasteiger partial charge < -0.3 is 4.98 Å². The number of fused-ring (bicyclic) bond motifs is 3. The second-order valence-electron chi connectivity index (χ2n) is 6.01. The first-order chi connectivity index (χ1) is 11.1. The fourth-order valence-corrected chi connectivity index (χ4v) is 3.26. The summed E-state index contributed by atoms with van der Waals surface area (Å²) in [6, 6.07) is 9.50. The van der Waals surface area contributed by atoms with Crippen LogP contribution in [0.2, 0.25) is 0 Å². The molecule has 2 aromatic heterocycles. The molecule has 1 aromatic carbocycles. The average Bonchev–Trinajstić information content (AvgIpc) is 2.93. The molecule has 0 atom stereocenters. The number of aromatic amines is 1. The fourth-order valence-electron chi connectivity index (χ4n) is 3.26. The van der Waals surface area contributed by atoms with Gasteiger partial charge in [0.15, 0.2) is 11.6 Å². The van der Waals surface area contributed by atoms with Crippen LogP contribution >= 0.6 is 0 Å². The van der Waals surface area contributed by atoms with Crippen LogP contribution in [0.25, 0.3) is 22.2 Å². The van der Waals surface area contributed by atoms with Gasteiger partial charge in [-0.3, -0.25) is 9.59 Å². The minimum Gasteiger partial charge on any atom is -0.343 e. The zero-order valence-corrected chi connectivity index (χ0v) is 12.8. The Morgan fingerprint density at radius 2 is 2.04 bits per heavy atom. The number of benzene rings is 1. The maximum Gasteiger partial charge on any atom is 0.165 e. The number of Topliss-reactive ketones (excluding diaryl/α,β-unsaturated/α-hetero) is 2. The van der Waals surface area contributed by atoms with Crippen molar-refractivity contribution in [1.82, 2.24) is 9.97 Å². The third-order valence-electron chi connectivity index (χ3n) is 4.44. The van der Waals surface area contributed by atoms with Crippen LogP contribution in [0, 0.1) is 0 Å². The molecule has 0 saturated heterocycles. The fraction of sp³-hybridized carbons (Fsp3) is 0.211. The number of aryl methyl sites for hydroxylation is 1. The number of ketones is 2. The summed E-state index contributed by atoms with van der Waals surface area (Å²) in [6.45, 7) is 1.56. The number of nitrogens with one attached hydrogen (secondary N) is 1. The summed E-state index contributed by atoms with van der Waals surface area (Å²) < 4.78 is 0. The molecule has 0 bridgehead atoms. The average molecular weight is 304 g/mol. The number of H-pyrrole nitrogens is 1. The van der Waals surface area contributed by atoms with Crippen LogP contribution in [0.5, 0.6) is 0 Å². The van der Waals surface area contributed by atoms with E-state index in [1.54, 1.807) is 19.2 Å². The Labute approximate surface area is 133 Å². The quantitative estimate of drug-likeness (QED) is 0.729. The molecule has 0 spiro atoms. The van der Waals surface area contributed by atoms with E-state index in [0.717, 1.165) is 46.3 Å². The maximum atomic E-state index is 12.3. The molecule has 1 aliphatic carbocycles. The summed E-state index contributed by atoms with van der Waals surface area (Å²) in [5.74, 6) is 0.226. The van der Waals surface area contributed by atoms with E-state index in [1.807, 2.05) is 24.3 Å².